The Morgan fingerprint density at radius 2 is 1.61 bits per heavy atom. The molecule has 7 nitrogen and oxygen atoms in total. The highest BCUT2D eigenvalue weighted by Gasteiger charge is 2.36. The normalized spacial score (nSPS) is 16.2. The maximum atomic E-state index is 12.7. The van der Waals surface area contributed by atoms with Crippen LogP contribution in [0.3, 0.4) is 0 Å². The van der Waals surface area contributed by atoms with E-state index in [-0.39, 0.29) is 29.8 Å². The third-order valence-corrected chi connectivity index (χ3v) is 5.98. The second kappa shape index (κ2) is 8.71. The number of likely N-dealkylation sites (N-methyl/N-ethyl adjacent to an activating group) is 1. The minimum absolute atomic E-state index is 0.169. The van der Waals surface area contributed by atoms with E-state index >= 15 is 0 Å². The topological polar surface area (TPSA) is 84.0 Å². The van der Waals surface area contributed by atoms with Gasteiger partial charge in [-0.15, -0.1) is 0 Å². The van der Waals surface area contributed by atoms with Gasteiger partial charge in [-0.25, -0.2) is 9.69 Å². The molecule has 0 radical (unpaired) electrons. The molecule has 0 saturated heterocycles. The molecule has 0 unspecified atom stereocenters. The van der Waals surface area contributed by atoms with Gasteiger partial charge in [0.05, 0.1) is 22.4 Å². The van der Waals surface area contributed by atoms with Crippen LogP contribution in [0, 0.1) is 0 Å². The van der Waals surface area contributed by atoms with Crippen LogP contribution in [-0.4, -0.2) is 48.3 Å². The summed E-state index contributed by atoms with van der Waals surface area (Å²) in [6.07, 6.45) is 5.34. The number of ether oxygens (including phenoxy) is 1. The number of carbonyl (C=O) groups is 4. The monoisotopic (exact) mass is 420 g/mol. The molecule has 1 aliphatic carbocycles. The number of hydrogen-bond acceptors (Lipinski definition) is 5. The zero-order valence-corrected chi connectivity index (χ0v) is 17.4. The average Bonchev–Trinajstić information content (AvgIpc) is 3.07. The smallest absolute Gasteiger partial charge is 0.338 e. The number of carbonyl (C=O) groups excluding carboxylic acids is 4. The minimum Gasteiger partial charge on any atom is -0.452 e. The van der Waals surface area contributed by atoms with E-state index in [0.29, 0.717) is 11.1 Å². The first kappa shape index (κ1) is 20.8. The van der Waals surface area contributed by atoms with Crippen molar-refractivity contribution in [1.29, 1.82) is 0 Å². The number of nitrogens with zero attached hydrogens (tertiary/aromatic N) is 2. The molecule has 2 aromatic carbocycles. The van der Waals surface area contributed by atoms with E-state index in [1.807, 2.05) is 0 Å². The lowest BCUT2D eigenvalue weighted by atomic mass is 9.94. The standard InChI is InChI=1S/C24H24N2O5/c1-25(17-9-3-2-4-10-17)21(27)15-31-24(30)16-8-7-11-18(14-16)26-22(28)19-12-5-6-13-20(19)23(26)29/h5-8,11-14,17H,2-4,9-10,15H2,1H3. The Morgan fingerprint density at radius 1 is 0.968 bits per heavy atom. The number of benzene rings is 2. The van der Waals surface area contributed by atoms with E-state index in [4.69, 9.17) is 4.74 Å². The van der Waals surface area contributed by atoms with Crippen LogP contribution in [-0.2, 0) is 9.53 Å². The minimum atomic E-state index is -0.677. The van der Waals surface area contributed by atoms with Gasteiger partial charge in [-0.3, -0.25) is 14.4 Å². The molecule has 0 bridgehead atoms. The van der Waals surface area contributed by atoms with Crippen LogP contribution >= 0.6 is 0 Å². The summed E-state index contributed by atoms with van der Waals surface area (Å²) in [6.45, 7) is -0.344. The Morgan fingerprint density at radius 3 is 2.26 bits per heavy atom. The molecule has 3 amide bonds. The Balaban J connectivity index is 1.43. The molecule has 0 aromatic heterocycles. The first-order chi connectivity index (χ1) is 15.0. The molecule has 1 saturated carbocycles. The fourth-order valence-electron chi connectivity index (χ4n) is 4.18. The maximum Gasteiger partial charge on any atom is 0.338 e. The molecule has 0 atom stereocenters. The van der Waals surface area contributed by atoms with E-state index in [0.717, 1.165) is 30.6 Å². The van der Waals surface area contributed by atoms with Crippen molar-refractivity contribution in [3.05, 3.63) is 65.2 Å². The SMILES string of the molecule is CN(C(=O)COC(=O)c1cccc(N2C(=O)c3ccccc3C2=O)c1)C1CCCCC1. The van der Waals surface area contributed by atoms with E-state index in [9.17, 15) is 19.2 Å². The van der Waals surface area contributed by atoms with E-state index in [2.05, 4.69) is 0 Å². The van der Waals surface area contributed by atoms with Gasteiger partial charge in [-0.1, -0.05) is 37.5 Å². The van der Waals surface area contributed by atoms with Crippen molar-refractivity contribution in [2.45, 2.75) is 38.1 Å². The summed E-state index contributed by atoms with van der Waals surface area (Å²) in [5.41, 5.74) is 1.11. The summed E-state index contributed by atoms with van der Waals surface area (Å²) in [6, 6.07) is 12.9. The van der Waals surface area contributed by atoms with Crippen LogP contribution in [0.25, 0.3) is 0 Å². The number of imide groups is 1. The van der Waals surface area contributed by atoms with E-state index in [1.165, 1.54) is 18.6 Å². The maximum absolute atomic E-state index is 12.7. The zero-order valence-electron chi connectivity index (χ0n) is 17.4. The molecule has 2 aliphatic rings. The lowest BCUT2D eigenvalue weighted by Crippen LogP contribution is -2.40. The van der Waals surface area contributed by atoms with Crippen LogP contribution in [0.4, 0.5) is 5.69 Å². The van der Waals surface area contributed by atoms with Gasteiger partial charge < -0.3 is 9.64 Å². The third kappa shape index (κ3) is 4.08. The molecule has 160 valence electrons. The van der Waals surface area contributed by atoms with Crippen molar-refractivity contribution in [2.75, 3.05) is 18.6 Å². The summed E-state index contributed by atoms with van der Waals surface area (Å²) in [4.78, 5) is 53.0. The van der Waals surface area contributed by atoms with Crippen molar-refractivity contribution in [3.63, 3.8) is 0 Å². The van der Waals surface area contributed by atoms with Gasteiger partial charge >= 0.3 is 5.97 Å². The van der Waals surface area contributed by atoms with Crippen molar-refractivity contribution in [2.24, 2.45) is 0 Å². The molecule has 1 fully saturated rings. The number of anilines is 1. The van der Waals surface area contributed by atoms with Crippen LogP contribution < -0.4 is 4.90 Å². The van der Waals surface area contributed by atoms with Gasteiger partial charge in [0, 0.05) is 13.1 Å². The molecule has 0 N–H and O–H groups in total. The lowest BCUT2D eigenvalue weighted by Gasteiger charge is -2.31. The van der Waals surface area contributed by atoms with Crippen LogP contribution in [0.1, 0.15) is 63.2 Å². The van der Waals surface area contributed by atoms with Crippen molar-refractivity contribution >= 4 is 29.4 Å². The second-order valence-electron chi connectivity index (χ2n) is 7.91. The third-order valence-electron chi connectivity index (χ3n) is 5.98. The molecule has 1 heterocycles. The predicted molar refractivity (Wildman–Crippen MR) is 114 cm³/mol. The van der Waals surface area contributed by atoms with Gasteiger partial charge in [-0.2, -0.15) is 0 Å². The highest BCUT2D eigenvalue weighted by Crippen LogP contribution is 2.29. The van der Waals surface area contributed by atoms with Crippen molar-refractivity contribution in [3.8, 4) is 0 Å². The zero-order chi connectivity index (χ0) is 22.0. The largest absolute Gasteiger partial charge is 0.452 e. The highest BCUT2D eigenvalue weighted by atomic mass is 16.5. The first-order valence-corrected chi connectivity index (χ1v) is 10.5. The molecular formula is C24H24N2O5. The average molecular weight is 420 g/mol. The fourth-order valence-corrected chi connectivity index (χ4v) is 4.18. The number of rotatable bonds is 5. The lowest BCUT2D eigenvalue weighted by molar-refractivity contribution is -0.135. The van der Waals surface area contributed by atoms with E-state index < -0.39 is 17.8 Å². The molecule has 4 rings (SSSR count). The Kier molecular flexibility index (Phi) is 5.84. The van der Waals surface area contributed by atoms with Crippen LogP contribution in [0.15, 0.2) is 48.5 Å². The van der Waals surface area contributed by atoms with Gasteiger partial charge in [0.25, 0.3) is 17.7 Å². The molecule has 1 aliphatic heterocycles. The van der Waals surface area contributed by atoms with Gasteiger partial charge in [0.15, 0.2) is 6.61 Å². The summed E-state index contributed by atoms with van der Waals surface area (Å²) < 4.78 is 5.22. The van der Waals surface area contributed by atoms with Gasteiger partial charge in [0.2, 0.25) is 0 Å². The number of esters is 1. The second-order valence-corrected chi connectivity index (χ2v) is 7.91. The molecule has 0 spiro atoms. The molecule has 7 heteroatoms. The molecular weight excluding hydrogens is 396 g/mol. The molecule has 2 aromatic rings. The fraction of sp³-hybridized carbons (Fsp3) is 0.333. The molecule has 31 heavy (non-hydrogen) atoms. The quantitative estimate of drug-likeness (QED) is 0.547. The van der Waals surface area contributed by atoms with Crippen LogP contribution in [0.2, 0.25) is 0 Å². The number of hydrogen-bond donors (Lipinski definition) is 0. The Bertz CT molecular complexity index is 1010. The van der Waals surface area contributed by atoms with Gasteiger partial charge in [0.1, 0.15) is 0 Å². The van der Waals surface area contributed by atoms with Crippen LogP contribution in [0.5, 0.6) is 0 Å². The number of amides is 3. The summed E-state index contributed by atoms with van der Waals surface area (Å²) >= 11 is 0. The van der Waals surface area contributed by atoms with Gasteiger partial charge in [-0.05, 0) is 43.2 Å². The van der Waals surface area contributed by atoms with Crippen molar-refractivity contribution in [1.82, 2.24) is 4.90 Å². The predicted octanol–water partition coefficient (Wildman–Crippen LogP) is 3.44. The highest BCUT2D eigenvalue weighted by molar-refractivity contribution is 6.34. The summed E-state index contributed by atoms with van der Waals surface area (Å²) in [5.74, 6) is -1.79. The Hall–Kier alpha value is -3.48. The summed E-state index contributed by atoms with van der Waals surface area (Å²) in [7, 11) is 1.75. The summed E-state index contributed by atoms with van der Waals surface area (Å²) in [5, 5.41) is 0. The Labute approximate surface area is 180 Å². The van der Waals surface area contributed by atoms with Crippen molar-refractivity contribution < 1.29 is 23.9 Å². The number of fused-ring (bicyclic) bond motifs is 1. The van der Waals surface area contributed by atoms with E-state index in [1.54, 1.807) is 48.3 Å². The first-order valence-electron chi connectivity index (χ1n) is 10.5.